The van der Waals surface area contributed by atoms with Crippen LogP contribution in [0.2, 0.25) is 0 Å². The molecule has 8 heteroatoms. The minimum absolute atomic E-state index is 0.129. The molecule has 0 saturated carbocycles. The van der Waals surface area contributed by atoms with Gasteiger partial charge >= 0.3 is 0 Å². The second kappa shape index (κ2) is 6.88. The van der Waals surface area contributed by atoms with Crippen molar-refractivity contribution in [1.29, 1.82) is 0 Å². The van der Waals surface area contributed by atoms with Crippen molar-refractivity contribution in [2.24, 2.45) is 0 Å². The van der Waals surface area contributed by atoms with Crippen LogP contribution >= 0.6 is 11.3 Å². The Hall–Kier alpha value is -2.55. The molecule has 138 valence electrons. The fraction of sp³-hybridized carbons (Fsp3) is 0.158. The third kappa shape index (κ3) is 3.64. The topological polar surface area (TPSA) is 85.1 Å². The van der Waals surface area contributed by atoms with Crippen LogP contribution in [0.5, 0.6) is 0 Å². The largest absolute Gasteiger partial charge is 0.464 e. The van der Waals surface area contributed by atoms with Crippen molar-refractivity contribution in [2.75, 3.05) is 0 Å². The minimum atomic E-state index is -3.63. The molecule has 6 nitrogen and oxygen atoms in total. The van der Waals surface area contributed by atoms with Gasteiger partial charge in [0.15, 0.2) is 0 Å². The van der Waals surface area contributed by atoms with E-state index in [2.05, 4.69) is 14.9 Å². The number of nitrogens with one attached hydrogen (secondary N) is 1. The van der Waals surface area contributed by atoms with Crippen molar-refractivity contribution >= 4 is 32.3 Å². The highest BCUT2D eigenvalue weighted by atomic mass is 32.2. The average Bonchev–Trinajstić information content (AvgIpc) is 3.28. The van der Waals surface area contributed by atoms with Crippen LogP contribution in [0.3, 0.4) is 0 Å². The molecule has 0 saturated heterocycles. The van der Waals surface area contributed by atoms with Crippen LogP contribution < -0.4 is 4.72 Å². The number of hydrogen-bond acceptors (Lipinski definition) is 6. The monoisotopic (exact) mass is 399 g/mol. The van der Waals surface area contributed by atoms with Crippen molar-refractivity contribution in [3.8, 4) is 11.1 Å². The van der Waals surface area contributed by atoms with Gasteiger partial charge in [-0.05, 0) is 54.8 Å². The zero-order valence-electron chi connectivity index (χ0n) is 14.8. The molecule has 0 fully saturated rings. The molecule has 2 heterocycles. The summed E-state index contributed by atoms with van der Waals surface area (Å²) in [6, 6.07) is 13.0. The van der Waals surface area contributed by atoms with E-state index in [1.54, 1.807) is 18.4 Å². The molecule has 0 spiro atoms. The van der Waals surface area contributed by atoms with E-state index in [-0.39, 0.29) is 11.4 Å². The Morgan fingerprint density at radius 2 is 1.93 bits per heavy atom. The van der Waals surface area contributed by atoms with Crippen LogP contribution in [0.4, 0.5) is 0 Å². The molecule has 2 aromatic heterocycles. The summed E-state index contributed by atoms with van der Waals surface area (Å²) in [7, 11) is -3.63. The van der Waals surface area contributed by atoms with Gasteiger partial charge in [-0.2, -0.15) is 0 Å². The molecule has 0 atom stereocenters. The van der Waals surface area contributed by atoms with Crippen molar-refractivity contribution in [2.45, 2.75) is 25.3 Å². The van der Waals surface area contributed by atoms with Gasteiger partial charge in [0.1, 0.15) is 15.6 Å². The normalized spacial score (nSPS) is 11.9. The third-order valence-electron chi connectivity index (χ3n) is 4.26. The summed E-state index contributed by atoms with van der Waals surface area (Å²) in [5.74, 6) is 0. The molecule has 4 rings (SSSR count). The van der Waals surface area contributed by atoms with Crippen molar-refractivity contribution in [3.05, 3.63) is 64.3 Å². The van der Waals surface area contributed by atoms with Crippen LogP contribution in [0, 0.1) is 13.8 Å². The Morgan fingerprint density at radius 3 is 2.67 bits per heavy atom. The van der Waals surface area contributed by atoms with Crippen LogP contribution in [-0.4, -0.2) is 18.6 Å². The van der Waals surface area contributed by atoms with Crippen LogP contribution in [-0.2, 0) is 16.6 Å². The number of aromatic nitrogens is 2. The van der Waals surface area contributed by atoms with Gasteiger partial charge in [-0.3, -0.25) is 0 Å². The van der Waals surface area contributed by atoms with E-state index < -0.39 is 10.0 Å². The number of aryl methyl sites for hydroxylation is 2. The first-order valence-corrected chi connectivity index (χ1v) is 10.6. The van der Waals surface area contributed by atoms with E-state index in [1.165, 1.54) is 11.3 Å². The number of rotatable bonds is 5. The maximum Gasteiger partial charge on any atom is 0.240 e. The first-order chi connectivity index (χ1) is 12.9. The number of nitrogens with zero attached hydrogens (tertiary/aromatic N) is 2. The molecule has 27 heavy (non-hydrogen) atoms. The Kier molecular flexibility index (Phi) is 4.55. The van der Waals surface area contributed by atoms with Gasteiger partial charge in [0.2, 0.25) is 10.0 Å². The first kappa shape index (κ1) is 17.8. The second-order valence-corrected chi connectivity index (χ2v) is 9.22. The Bertz CT molecular complexity index is 1230. The Balaban J connectivity index is 1.60. The highest BCUT2D eigenvalue weighted by molar-refractivity contribution is 7.89. The summed E-state index contributed by atoms with van der Waals surface area (Å²) in [4.78, 5) is 0.226. The van der Waals surface area contributed by atoms with Gasteiger partial charge in [-0.25, -0.2) is 13.1 Å². The standard InChI is InChI=1S/C19H17N3O3S2/c1-12-9-16(27(23,24)20-11-19-22-21-13(2)26-19)5-6-17(12)15-4-3-14-7-8-25-18(14)10-15/h3-10,20H,11H2,1-2H3. The summed E-state index contributed by atoms with van der Waals surface area (Å²) < 4.78 is 33.2. The fourth-order valence-corrected chi connectivity index (χ4v) is 4.71. The first-order valence-electron chi connectivity index (χ1n) is 8.29. The molecular weight excluding hydrogens is 382 g/mol. The van der Waals surface area contributed by atoms with Gasteiger partial charge in [0.25, 0.3) is 0 Å². The molecule has 0 amide bonds. The summed E-state index contributed by atoms with van der Waals surface area (Å²) in [6.07, 6.45) is 1.65. The lowest BCUT2D eigenvalue weighted by Crippen LogP contribution is -2.23. The maximum atomic E-state index is 12.6. The number of hydrogen-bond donors (Lipinski definition) is 1. The van der Waals surface area contributed by atoms with E-state index in [1.807, 2.05) is 44.2 Å². The van der Waals surface area contributed by atoms with E-state index in [9.17, 15) is 8.42 Å². The highest BCUT2D eigenvalue weighted by Gasteiger charge is 2.16. The number of sulfonamides is 1. The summed E-state index contributed by atoms with van der Waals surface area (Å²) >= 11 is 1.37. The van der Waals surface area contributed by atoms with Crippen molar-refractivity contribution < 1.29 is 12.8 Å². The van der Waals surface area contributed by atoms with Crippen molar-refractivity contribution in [1.82, 2.24) is 14.9 Å². The third-order valence-corrected chi connectivity index (χ3v) is 6.49. The maximum absolute atomic E-state index is 12.6. The predicted molar refractivity (Wildman–Crippen MR) is 105 cm³/mol. The molecule has 0 bridgehead atoms. The minimum Gasteiger partial charge on any atom is -0.464 e. The summed E-state index contributed by atoms with van der Waals surface area (Å²) in [6.45, 7) is 3.86. The van der Waals surface area contributed by atoms with Crippen molar-refractivity contribution in [3.63, 3.8) is 0 Å². The molecule has 4 aromatic rings. The van der Waals surface area contributed by atoms with E-state index in [4.69, 9.17) is 4.42 Å². The lowest BCUT2D eigenvalue weighted by atomic mass is 10.00. The smallest absolute Gasteiger partial charge is 0.240 e. The van der Waals surface area contributed by atoms with Gasteiger partial charge in [0, 0.05) is 5.39 Å². The zero-order chi connectivity index (χ0) is 19.0. The SMILES string of the molecule is Cc1nnc(CNS(=O)(=O)c2ccc(-c3ccc4ccoc4c3)c(C)c2)s1. The van der Waals surface area contributed by atoms with Gasteiger partial charge in [0.05, 0.1) is 17.7 Å². The Labute approximate surface area is 160 Å². The molecule has 1 N–H and O–H groups in total. The van der Waals surface area contributed by atoms with Crippen LogP contribution in [0.25, 0.3) is 22.1 Å². The number of fused-ring (bicyclic) bond motifs is 1. The quantitative estimate of drug-likeness (QED) is 0.547. The summed E-state index contributed by atoms with van der Waals surface area (Å²) in [5, 5.41) is 10.3. The van der Waals surface area contributed by atoms with E-state index >= 15 is 0 Å². The van der Waals surface area contributed by atoms with Gasteiger partial charge < -0.3 is 4.42 Å². The highest BCUT2D eigenvalue weighted by Crippen LogP contribution is 2.29. The van der Waals surface area contributed by atoms with E-state index in [0.29, 0.717) is 5.01 Å². The fourth-order valence-electron chi connectivity index (χ4n) is 2.90. The number of furan rings is 1. The van der Waals surface area contributed by atoms with Crippen LogP contribution in [0.15, 0.2) is 58.0 Å². The molecular formula is C19H17N3O3S2. The second-order valence-electron chi connectivity index (χ2n) is 6.19. The predicted octanol–water partition coefficient (Wildman–Crippen LogP) is 4.05. The molecule has 0 radical (unpaired) electrons. The molecule has 0 aliphatic rings. The number of benzene rings is 2. The molecule has 2 aromatic carbocycles. The Morgan fingerprint density at radius 1 is 1.07 bits per heavy atom. The zero-order valence-corrected chi connectivity index (χ0v) is 16.4. The summed E-state index contributed by atoms with van der Waals surface area (Å²) in [5.41, 5.74) is 3.62. The van der Waals surface area contributed by atoms with Crippen LogP contribution in [0.1, 0.15) is 15.6 Å². The average molecular weight is 399 g/mol. The van der Waals surface area contributed by atoms with Gasteiger partial charge in [-0.15, -0.1) is 21.5 Å². The lowest BCUT2D eigenvalue weighted by Gasteiger charge is -2.10. The molecule has 0 aliphatic heterocycles. The lowest BCUT2D eigenvalue weighted by molar-refractivity contribution is 0.581. The van der Waals surface area contributed by atoms with E-state index in [0.717, 1.165) is 32.7 Å². The molecule has 0 aliphatic carbocycles. The molecule has 0 unspecified atom stereocenters. The van der Waals surface area contributed by atoms with Gasteiger partial charge in [-0.1, -0.05) is 18.2 Å².